The smallest absolute Gasteiger partial charge is 0.123 e. The molecule has 3 heteroatoms. The van der Waals surface area contributed by atoms with Crippen molar-refractivity contribution in [1.82, 2.24) is 5.32 Å². The Hall–Kier alpha value is -0.830. The summed E-state index contributed by atoms with van der Waals surface area (Å²) in [5.41, 5.74) is 0. The molecule has 0 saturated heterocycles. The third-order valence-electron chi connectivity index (χ3n) is 1.58. The highest BCUT2D eigenvalue weighted by atomic mass is 19.1. The second-order valence-corrected chi connectivity index (χ2v) is 3.04. The molecular formula is C9H14FNO. The Balaban J connectivity index is 2.57. The molecule has 1 heterocycles. The Morgan fingerprint density at radius 1 is 1.58 bits per heavy atom. The SMILES string of the molecule is CC(C)NC(CF)c1ccco1. The molecule has 2 nitrogen and oxygen atoms in total. The van der Waals surface area contributed by atoms with Crippen molar-refractivity contribution < 1.29 is 8.81 Å². The predicted octanol–water partition coefficient (Wildman–Crippen LogP) is 2.29. The van der Waals surface area contributed by atoms with Crippen molar-refractivity contribution >= 4 is 0 Å². The molecule has 68 valence electrons. The fourth-order valence-electron chi connectivity index (χ4n) is 1.09. The Bertz CT molecular complexity index is 208. The summed E-state index contributed by atoms with van der Waals surface area (Å²) < 4.78 is 17.5. The summed E-state index contributed by atoms with van der Waals surface area (Å²) in [6.45, 7) is 3.52. The molecule has 1 rings (SSSR count). The van der Waals surface area contributed by atoms with E-state index >= 15 is 0 Å². The highest BCUT2D eigenvalue weighted by Gasteiger charge is 2.13. The van der Waals surface area contributed by atoms with Crippen molar-refractivity contribution in [3.63, 3.8) is 0 Å². The van der Waals surface area contributed by atoms with Crippen molar-refractivity contribution in [2.75, 3.05) is 6.67 Å². The monoisotopic (exact) mass is 171 g/mol. The van der Waals surface area contributed by atoms with Crippen molar-refractivity contribution in [2.24, 2.45) is 0 Å². The molecule has 0 aliphatic carbocycles. The van der Waals surface area contributed by atoms with Gasteiger partial charge in [0.05, 0.1) is 12.3 Å². The Morgan fingerprint density at radius 2 is 2.33 bits per heavy atom. The van der Waals surface area contributed by atoms with Gasteiger partial charge in [0.25, 0.3) is 0 Å². The van der Waals surface area contributed by atoms with Crippen LogP contribution in [-0.2, 0) is 0 Å². The summed E-state index contributed by atoms with van der Waals surface area (Å²) in [5.74, 6) is 0.659. The summed E-state index contributed by atoms with van der Waals surface area (Å²) in [6.07, 6.45) is 1.56. The highest BCUT2D eigenvalue weighted by molar-refractivity contribution is 5.04. The van der Waals surface area contributed by atoms with E-state index in [4.69, 9.17) is 4.42 Å². The van der Waals surface area contributed by atoms with Crippen LogP contribution in [0, 0.1) is 0 Å². The van der Waals surface area contributed by atoms with Crippen LogP contribution in [0.15, 0.2) is 22.8 Å². The number of halogens is 1. The Morgan fingerprint density at radius 3 is 2.75 bits per heavy atom. The van der Waals surface area contributed by atoms with Gasteiger partial charge in [0.1, 0.15) is 12.4 Å². The molecule has 0 fully saturated rings. The van der Waals surface area contributed by atoms with Gasteiger partial charge in [-0.05, 0) is 12.1 Å². The fourth-order valence-corrected chi connectivity index (χ4v) is 1.09. The van der Waals surface area contributed by atoms with Gasteiger partial charge in [0, 0.05) is 6.04 Å². The first kappa shape index (κ1) is 9.26. The summed E-state index contributed by atoms with van der Waals surface area (Å²) in [7, 11) is 0. The average Bonchev–Trinajstić information content (AvgIpc) is 2.51. The average molecular weight is 171 g/mol. The predicted molar refractivity (Wildman–Crippen MR) is 45.7 cm³/mol. The van der Waals surface area contributed by atoms with E-state index in [1.54, 1.807) is 18.4 Å². The van der Waals surface area contributed by atoms with E-state index in [0.717, 1.165) is 0 Å². The van der Waals surface area contributed by atoms with Crippen LogP contribution in [0.25, 0.3) is 0 Å². The third-order valence-corrected chi connectivity index (χ3v) is 1.58. The molecule has 0 spiro atoms. The lowest BCUT2D eigenvalue weighted by atomic mass is 10.2. The molecule has 1 unspecified atom stereocenters. The van der Waals surface area contributed by atoms with Crippen LogP contribution >= 0.6 is 0 Å². The molecule has 0 aromatic carbocycles. The third kappa shape index (κ3) is 2.34. The molecule has 1 aromatic heterocycles. The number of hydrogen-bond donors (Lipinski definition) is 1. The van der Waals surface area contributed by atoms with Crippen molar-refractivity contribution in [3.05, 3.63) is 24.2 Å². The summed E-state index contributed by atoms with van der Waals surface area (Å²) in [5, 5.41) is 3.06. The topological polar surface area (TPSA) is 25.2 Å². The summed E-state index contributed by atoms with van der Waals surface area (Å²) in [6, 6.07) is 3.50. The van der Waals surface area contributed by atoms with Crippen LogP contribution in [0.3, 0.4) is 0 Å². The van der Waals surface area contributed by atoms with Gasteiger partial charge in [0.15, 0.2) is 0 Å². The minimum absolute atomic E-state index is 0.260. The summed E-state index contributed by atoms with van der Waals surface area (Å²) in [4.78, 5) is 0. The van der Waals surface area contributed by atoms with Gasteiger partial charge in [0.2, 0.25) is 0 Å². The van der Waals surface area contributed by atoms with E-state index in [1.807, 2.05) is 13.8 Å². The first-order valence-corrected chi connectivity index (χ1v) is 4.09. The summed E-state index contributed by atoms with van der Waals surface area (Å²) >= 11 is 0. The van der Waals surface area contributed by atoms with E-state index in [2.05, 4.69) is 5.32 Å². The molecule has 1 atom stereocenters. The lowest BCUT2D eigenvalue weighted by molar-refractivity contribution is 0.317. The first-order valence-electron chi connectivity index (χ1n) is 4.09. The molecule has 0 aliphatic rings. The minimum Gasteiger partial charge on any atom is -0.468 e. The fraction of sp³-hybridized carbons (Fsp3) is 0.556. The van der Waals surface area contributed by atoms with Gasteiger partial charge in [-0.1, -0.05) is 13.8 Å². The molecule has 1 N–H and O–H groups in total. The molecule has 1 aromatic rings. The van der Waals surface area contributed by atoms with Crippen LogP contribution in [0.2, 0.25) is 0 Å². The lowest BCUT2D eigenvalue weighted by Crippen LogP contribution is -2.29. The maximum atomic E-state index is 12.5. The molecule has 0 bridgehead atoms. The van der Waals surface area contributed by atoms with Crippen LogP contribution < -0.4 is 5.32 Å². The second-order valence-electron chi connectivity index (χ2n) is 3.04. The zero-order valence-electron chi connectivity index (χ0n) is 7.38. The van der Waals surface area contributed by atoms with E-state index in [-0.39, 0.29) is 12.1 Å². The van der Waals surface area contributed by atoms with E-state index in [1.165, 1.54) is 0 Å². The van der Waals surface area contributed by atoms with Gasteiger partial charge in [-0.2, -0.15) is 0 Å². The largest absolute Gasteiger partial charge is 0.468 e. The number of alkyl halides is 1. The number of rotatable bonds is 4. The highest BCUT2D eigenvalue weighted by Crippen LogP contribution is 2.14. The Labute approximate surface area is 71.8 Å². The van der Waals surface area contributed by atoms with Gasteiger partial charge in [-0.3, -0.25) is 0 Å². The van der Waals surface area contributed by atoms with E-state index in [0.29, 0.717) is 5.76 Å². The van der Waals surface area contributed by atoms with Gasteiger partial charge in [-0.15, -0.1) is 0 Å². The van der Waals surface area contributed by atoms with E-state index in [9.17, 15) is 4.39 Å². The van der Waals surface area contributed by atoms with Crippen LogP contribution in [-0.4, -0.2) is 12.7 Å². The zero-order chi connectivity index (χ0) is 8.97. The second kappa shape index (κ2) is 4.26. The maximum Gasteiger partial charge on any atom is 0.123 e. The molecule has 0 radical (unpaired) electrons. The molecule has 12 heavy (non-hydrogen) atoms. The van der Waals surface area contributed by atoms with Crippen molar-refractivity contribution in [1.29, 1.82) is 0 Å². The van der Waals surface area contributed by atoms with Gasteiger partial charge in [-0.25, -0.2) is 4.39 Å². The van der Waals surface area contributed by atoms with Crippen LogP contribution in [0.4, 0.5) is 4.39 Å². The standard InChI is InChI=1S/C9H14FNO/c1-7(2)11-8(6-10)9-4-3-5-12-9/h3-5,7-8,11H,6H2,1-2H3. The normalized spacial score (nSPS) is 13.7. The molecule has 0 amide bonds. The molecule has 0 aliphatic heterocycles. The van der Waals surface area contributed by atoms with Crippen LogP contribution in [0.5, 0.6) is 0 Å². The number of furan rings is 1. The maximum absolute atomic E-state index is 12.5. The van der Waals surface area contributed by atoms with Crippen molar-refractivity contribution in [3.8, 4) is 0 Å². The van der Waals surface area contributed by atoms with Crippen molar-refractivity contribution in [2.45, 2.75) is 25.9 Å². The van der Waals surface area contributed by atoms with Gasteiger partial charge >= 0.3 is 0 Å². The lowest BCUT2D eigenvalue weighted by Gasteiger charge is -2.15. The molecular weight excluding hydrogens is 157 g/mol. The van der Waals surface area contributed by atoms with E-state index < -0.39 is 6.67 Å². The zero-order valence-corrected chi connectivity index (χ0v) is 7.38. The quantitative estimate of drug-likeness (QED) is 0.751. The number of hydrogen-bond acceptors (Lipinski definition) is 2. The Kier molecular flexibility index (Phi) is 3.29. The minimum atomic E-state index is -0.439. The first-order chi connectivity index (χ1) is 5.74. The van der Waals surface area contributed by atoms with Crippen LogP contribution in [0.1, 0.15) is 25.6 Å². The number of nitrogens with one attached hydrogen (secondary N) is 1. The molecule has 0 saturated carbocycles. The van der Waals surface area contributed by atoms with Gasteiger partial charge < -0.3 is 9.73 Å².